The van der Waals surface area contributed by atoms with Crippen LogP contribution in [0.2, 0.25) is 5.04 Å². The van der Waals surface area contributed by atoms with E-state index in [-0.39, 0.29) is 42.2 Å². The van der Waals surface area contributed by atoms with E-state index in [0.717, 1.165) is 43.4 Å². The van der Waals surface area contributed by atoms with Crippen LogP contribution in [0.1, 0.15) is 64.9 Å². The summed E-state index contributed by atoms with van der Waals surface area (Å²) in [7, 11) is -1.12. The number of hydrogen-bond donors (Lipinski definition) is 2. The Balaban J connectivity index is 1.28. The van der Waals surface area contributed by atoms with Gasteiger partial charge in [-0.2, -0.15) is 0 Å². The summed E-state index contributed by atoms with van der Waals surface area (Å²) in [5, 5.41) is 12.4. The lowest BCUT2D eigenvalue weighted by Crippen LogP contribution is -2.68. The topological polar surface area (TPSA) is 92.4 Å². The molecule has 0 radical (unpaired) electrons. The number of methoxy groups -OCH3 is 1. The SMILES string of the molecule is C=C1C[C@H](C[C@@H]2C[C@@H](O[Si](c3ccccc3)(c3ccccc3)C(C)(C)C)C[C@H]([C@H](N)CO)O2)O[C@@H](CCOCc2ccc(OC)cc2)C1. The van der Waals surface area contributed by atoms with Gasteiger partial charge in [-0.1, -0.05) is 106 Å². The second-order valence-corrected chi connectivity index (χ2v) is 18.7. The third-order valence-electron chi connectivity index (χ3n) is 9.79. The van der Waals surface area contributed by atoms with Crippen LogP contribution in [0.15, 0.2) is 97.1 Å². The molecule has 7 nitrogen and oxygen atoms in total. The summed E-state index contributed by atoms with van der Waals surface area (Å²) in [6.07, 6.45) is 4.05. The van der Waals surface area contributed by atoms with E-state index in [2.05, 4.69) is 88.0 Å². The standard InChI is InChI=1S/C40H55NO6Si/c1-29-22-32(20-21-44-28-30-16-18-31(43-5)19-17-30)45-33(23-29)24-34-25-35(26-39(46-34)38(41)27-42)47-48(40(2,3)4,36-12-8-6-9-13-36)37-14-10-7-11-15-37/h6-19,32-35,38-39,42H,1,20-28,41H2,2-5H3/t32-,33+,34+,35+,38+,39+/m0/s1. The lowest BCUT2D eigenvalue weighted by atomic mass is 9.90. The molecule has 0 saturated carbocycles. The third kappa shape index (κ3) is 9.04. The van der Waals surface area contributed by atoms with Gasteiger partial charge in [-0.05, 0) is 58.8 Å². The van der Waals surface area contributed by atoms with E-state index in [4.69, 9.17) is 29.1 Å². The van der Waals surface area contributed by atoms with E-state index in [9.17, 15) is 5.11 Å². The van der Waals surface area contributed by atoms with Crippen LogP contribution in [0.3, 0.4) is 0 Å². The smallest absolute Gasteiger partial charge is 0.261 e. The summed E-state index contributed by atoms with van der Waals surface area (Å²) < 4.78 is 32.1. The Morgan fingerprint density at radius 1 is 0.875 bits per heavy atom. The Hall–Kier alpha value is -2.82. The van der Waals surface area contributed by atoms with Gasteiger partial charge in [0.2, 0.25) is 0 Å². The van der Waals surface area contributed by atoms with E-state index >= 15 is 0 Å². The lowest BCUT2D eigenvalue weighted by molar-refractivity contribution is -0.132. The van der Waals surface area contributed by atoms with Gasteiger partial charge in [0.1, 0.15) is 5.75 Å². The molecule has 5 rings (SSSR count). The molecule has 0 amide bonds. The molecule has 260 valence electrons. The number of hydrogen-bond acceptors (Lipinski definition) is 7. The molecule has 48 heavy (non-hydrogen) atoms. The highest BCUT2D eigenvalue weighted by atomic mass is 28.4. The van der Waals surface area contributed by atoms with Gasteiger partial charge in [0.15, 0.2) is 0 Å². The average molecular weight is 674 g/mol. The van der Waals surface area contributed by atoms with Gasteiger partial charge >= 0.3 is 0 Å². The highest BCUT2D eigenvalue weighted by Crippen LogP contribution is 2.40. The maximum Gasteiger partial charge on any atom is 0.261 e. The first-order valence-electron chi connectivity index (χ1n) is 17.4. The molecule has 2 heterocycles. The Kier molecular flexibility index (Phi) is 12.7. The average Bonchev–Trinajstić information content (AvgIpc) is 3.09. The van der Waals surface area contributed by atoms with Gasteiger partial charge < -0.3 is 34.2 Å². The Morgan fingerprint density at radius 2 is 1.50 bits per heavy atom. The Bertz CT molecular complexity index is 1370. The fraction of sp³-hybridized carbons (Fsp3) is 0.500. The van der Waals surface area contributed by atoms with Crippen molar-refractivity contribution in [1.82, 2.24) is 0 Å². The molecule has 2 saturated heterocycles. The van der Waals surface area contributed by atoms with Gasteiger partial charge in [0.25, 0.3) is 8.32 Å². The normalized spacial score (nSPS) is 24.3. The van der Waals surface area contributed by atoms with Crippen molar-refractivity contribution >= 4 is 18.7 Å². The molecule has 0 aliphatic carbocycles. The quantitative estimate of drug-likeness (QED) is 0.125. The molecule has 0 spiro atoms. The summed E-state index contributed by atoms with van der Waals surface area (Å²) in [6, 6.07) is 28.9. The van der Waals surface area contributed by atoms with Crippen molar-refractivity contribution in [3.8, 4) is 5.75 Å². The summed E-state index contributed by atoms with van der Waals surface area (Å²) in [6.45, 7) is 12.3. The van der Waals surface area contributed by atoms with Crippen LogP contribution in [0.4, 0.5) is 0 Å². The van der Waals surface area contributed by atoms with E-state index < -0.39 is 14.4 Å². The highest BCUT2D eigenvalue weighted by molar-refractivity contribution is 6.99. The van der Waals surface area contributed by atoms with Crippen LogP contribution in [-0.2, 0) is 25.2 Å². The zero-order valence-electron chi connectivity index (χ0n) is 29.2. The summed E-state index contributed by atoms with van der Waals surface area (Å²) >= 11 is 0. The van der Waals surface area contributed by atoms with E-state index in [0.29, 0.717) is 19.6 Å². The summed E-state index contributed by atoms with van der Waals surface area (Å²) in [5.74, 6) is 0.839. The van der Waals surface area contributed by atoms with Crippen molar-refractivity contribution in [2.75, 3.05) is 20.3 Å². The van der Waals surface area contributed by atoms with E-state index in [1.54, 1.807) is 7.11 Å². The zero-order chi connectivity index (χ0) is 34.1. The van der Waals surface area contributed by atoms with Crippen LogP contribution in [0, 0.1) is 0 Å². The third-order valence-corrected chi connectivity index (χ3v) is 14.9. The minimum atomic E-state index is -2.79. The van der Waals surface area contributed by atoms with Gasteiger partial charge in [0, 0.05) is 19.4 Å². The van der Waals surface area contributed by atoms with Crippen molar-refractivity contribution in [2.45, 2.75) is 108 Å². The number of benzene rings is 3. The molecule has 3 aromatic carbocycles. The number of aliphatic hydroxyl groups excluding tert-OH is 1. The van der Waals surface area contributed by atoms with Gasteiger partial charge in [-0.15, -0.1) is 0 Å². The molecule has 8 heteroatoms. The predicted molar refractivity (Wildman–Crippen MR) is 194 cm³/mol. The maximum atomic E-state index is 10.1. The highest BCUT2D eigenvalue weighted by Gasteiger charge is 2.52. The number of aliphatic hydroxyl groups is 1. The zero-order valence-corrected chi connectivity index (χ0v) is 30.2. The fourth-order valence-corrected chi connectivity index (χ4v) is 12.1. The monoisotopic (exact) mass is 673 g/mol. The van der Waals surface area contributed by atoms with E-state index in [1.165, 1.54) is 15.9 Å². The van der Waals surface area contributed by atoms with Crippen LogP contribution >= 0.6 is 0 Å². The second kappa shape index (κ2) is 16.7. The minimum absolute atomic E-state index is 0.0135. The van der Waals surface area contributed by atoms with Crippen LogP contribution in [0.5, 0.6) is 5.75 Å². The van der Waals surface area contributed by atoms with Gasteiger partial charge in [-0.25, -0.2) is 0 Å². The minimum Gasteiger partial charge on any atom is -0.497 e. The Morgan fingerprint density at radius 3 is 2.08 bits per heavy atom. The summed E-state index contributed by atoms with van der Waals surface area (Å²) in [4.78, 5) is 0. The Labute approximate surface area is 288 Å². The van der Waals surface area contributed by atoms with Crippen molar-refractivity contribution in [2.24, 2.45) is 5.73 Å². The summed E-state index contributed by atoms with van der Waals surface area (Å²) in [5.41, 5.74) is 8.77. The first-order valence-corrected chi connectivity index (χ1v) is 19.4. The molecule has 0 unspecified atom stereocenters. The number of nitrogens with two attached hydrogens (primary N) is 1. The second-order valence-electron chi connectivity index (χ2n) is 14.5. The lowest BCUT2D eigenvalue weighted by Gasteiger charge is -2.48. The van der Waals surface area contributed by atoms with Crippen molar-refractivity contribution < 1.29 is 28.5 Å². The molecule has 6 atom stereocenters. The molecule has 3 N–H and O–H groups in total. The maximum absolute atomic E-state index is 10.1. The molecule has 2 aliphatic rings. The van der Waals surface area contributed by atoms with Crippen molar-refractivity contribution in [3.05, 3.63) is 103 Å². The molecule has 0 aromatic heterocycles. The first kappa shape index (κ1) is 36.5. The van der Waals surface area contributed by atoms with Gasteiger partial charge in [0.05, 0.1) is 56.9 Å². The number of ether oxygens (including phenoxy) is 4. The fourth-order valence-electron chi connectivity index (χ4n) is 7.41. The van der Waals surface area contributed by atoms with E-state index in [1.807, 2.05) is 24.3 Å². The first-order chi connectivity index (χ1) is 23.1. The van der Waals surface area contributed by atoms with Gasteiger partial charge in [-0.3, -0.25) is 0 Å². The largest absolute Gasteiger partial charge is 0.497 e. The molecule has 2 aliphatic heterocycles. The molecule has 2 fully saturated rings. The molecule has 3 aromatic rings. The molecular formula is C40H55NO6Si. The van der Waals surface area contributed by atoms with Crippen LogP contribution in [0.25, 0.3) is 0 Å². The van der Waals surface area contributed by atoms with Crippen LogP contribution in [-0.4, -0.2) is 70.3 Å². The molecule has 0 bridgehead atoms. The number of rotatable bonds is 14. The van der Waals surface area contributed by atoms with Crippen LogP contribution < -0.4 is 20.8 Å². The molecular weight excluding hydrogens is 619 g/mol. The van der Waals surface area contributed by atoms with Crippen molar-refractivity contribution in [3.63, 3.8) is 0 Å². The van der Waals surface area contributed by atoms with Crippen molar-refractivity contribution in [1.29, 1.82) is 0 Å². The predicted octanol–water partition coefficient (Wildman–Crippen LogP) is 5.91.